The monoisotopic (exact) mass is 283 g/mol. The van der Waals surface area contributed by atoms with Gasteiger partial charge in [0.2, 0.25) is 10.0 Å². The zero-order valence-electron chi connectivity index (χ0n) is 10.4. The maximum Gasteiger partial charge on any atom is 0.217 e. The van der Waals surface area contributed by atoms with E-state index in [0.717, 1.165) is 12.8 Å². The van der Waals surface area contributed by atoms with E-state index in [9.17, 15) is 8.42 Å². The molecular formula is C11H22ClNO3S. The molecule has 1 aliphatic heterocycles. The Morgan fingerprint density at radius 2 is 1.94 bits per heavy atom. The minimum absolute atomic E-state index is 0.281. The normalized spacial score (nSPS) is 18.8. The molecular weight excluding hydrogens is 262 g/mol. The van der Waals surface area contributed by atoms with E-state index in [0.29, 0.717) is 45.0 Å². The first kappa shape index (κ1) is 15.2. The molecule has 0 aromatic carbocycles. The first-order valence-corrected chi connectivity index (χ1v) is 8.29. The number of unbranched alkanes of at least 4 members (excludes halogenated alkanes) is 1. The average Bonchev–Trinajstić information content (AvgIpc) is 2.35. The molecule has 17 heavy (non-hydrogen) atoms. The van der Waals surface area contributed by atoms with E-state index in [1.54, 1.807) is 4.31 Å². The zero-order chi connectivity index (χ0) is 12.7. The summed E-state index contributed by atoms with van der Waals surface area (Å²) in [7, 11) is -3.19. The number of hydrogen-bond donors (Lipinski definition) is 0. The largest absolute Gasteiger partial charge is 0.381 e. The zero-order valence-corrected chi connectivity index (χ0v) is 12.0. The molecule has 0 aromatic heterocycles. The third kappa shape index (κ3) is 4.39. The molecule has 0 spiro atoms. The summed E-state index contributed by atoms with van der Waals surface area (Å²) in [5, 5.41) is -0.281. The van der Waals surface area contributed by atoms with E-state index in [-0.39, 0.29) is 5.25 Å². The number of hydrogen-bond acceptors (Lipinski definition) is 3. The van der Waals surface area contributed by atoms with Gasteiger partial charge in [0.05, 0.1) is 5.25 Å². The fraction of sp³-hybridized carbons (Fsp3) is 1.00. The first-order valence-electron chi connectivity index (χ1n) is 6.25. The predicted molar refractivity (Wildman–Crippen MR) is 70.0 cm³/mol. The summed E-state index contributed by atoms with van der Waals surface area (Å²) in [6.07, 6.45) is 3.09. The number of ether oxygens (including phenoxy) is 1. The molecule has 0 radical (unpaired) electrons. The van der Waals surface area contributed by atoms with Gasteiger partial charge >= 0.3 is 0 Å². The molecule has 1 aliphatic rings. The summed E-state index contributed by atoms with van der Waals surface area (Å²) >= 11 is 5.69. The molecule has 0 saturated carbocycles. The second kappa shape index (κ2) is 7.56. The van der Waals surface area contributed by atoms with Crippen LogP contribution in [0.5, 0.6) is 0 Å². The summed E-state index contributed by atoms with van der Waals surface area (Å²) in [6.45, 7) is 4.16. The molecule has 102 valence electrons. The second-order valence-corrected chi connectivity index (χ2v) is 6.89. The van der Waals surface area contributed by atoms with Gasteiger partial charge < -0.3 is 4.74 Å². The number of halogens is 1. The fourth-order valence-corrected chi connectivity index (χ4v) is 4.22. The number of alkyl halides is 1. The highest BCUT2D eigenvalue weighted by atomic mass is 35.5. The molecule has 0 N–H and O–H groups in total. The SMILES string of the molecule is CCCCN(CCCl)S(=O)(=O)C1CCOCC1. The van der Waals surface area contributed by atoms with Gasteiger partial charge in [-0.3, -0.25) is 0 Å². The van der Waals surface area contributed by atoms with Crippen molar-refractivity contribution in [2.75, 3.05) is 32.2 Å². The van der Waals surface area contributed by atoms with Crippen molar-refractivity contribution < 1.29 is 13.2 Å². The van der Waals surface area contributed by atoms with E-state index in [1.165, 1.54) is 0 Å². The van der Waals surface area contributed by atoms with Crippen LogP contribution >= 0.6 is 11.6 Å². The molecule has 0 atom stereocenters. The van der Waals surface area contributed by atoms with Gasteiger partial charge in [-0.2, -0.15) is 0 Å². The Labute approximate surface area is 109 Å². The summed E-state index contributed by atoms with van der Waals surface area (Å²) in [6, 6.07) is 0. The topological polar surface area (TPSA) is 46.6 Å². The van der Waals surface area contributed by atoms with Gasteiger partial charge in [0.25, 0.3) is 0 Å². The van der Waals surface area contributed by atoms with E-state index >= 15 is 0 Å². The standard InChI is InChI=1S/C11H22ClNO3S/c1-2-3-7-13(8-6-12)17(14,15)11-4-9-16-10-5-11/h11H,2-10H2,1H3. The van der Waals surface area contributed by atoms with Crippen molar-refractivity contribution in [3.8, 4) is 0 Å². The van der Waals surface area contributed by atoms with Crippen molar-refractivity contribution in [2.45, 2.75) is 37.9 Å². The van der Waals surface area contributed by atoms with Crippen LogP contribution in [0.1, 0.15) is 32.6 Å². The lowest BCUT2D eigenvalue weighted by Crippen LogP contribution is -2.42. The lowest BCUT2D eigenvalue weighted by molar-refractivity contribution is 0.0972. The average molecular weight is 284 g/mol. The van der Waals surface area contributed by atoms with Crippen LogP contribution in [0.4, 0.5) is 0 Å². The van der Waals surface area contributed by atoms with Crippen molar-refractivity contribution >= 4 is 21.6 Å². The number of rotatable bonds is 7. The summed E-state index contributed by atoms with van der Waals surface area (Å²) < 4.78 is 31.5. The molecule has 4 nitrogen and oxygen atoms in total. The van der Waals surface area contributed by atoms with E-state index in [2.05, 4.69) is 6.92 Å². The van der Waals surface area contributed by atoms with Crippen molar-refractivity contribution in [1.82, 2.24) is 4.31 Å². The van der Waals surface area contributed by atoms with Gasteiger partial charge in [0.1, 0.15) is 0 Å². The van der Waals surface area contributed by atoms with E-state index < -0.39 is 10.0 Å². The Bertz CT molecular complexity index is 302. The second-order valence-electron chi connectivity index (χ2n) is 4.30. The van der Waals surface area contributed by atoms with Gasteiger partial charge in [0, 0.05) is 32.2 Å². The molecule has 1 saturated heterocycles. The van der Waals surface area contributed by atoms with Crippen LogP contribution in [0.2, 0.25) is 0 Å². The van der Waals surface area contributed by atoms with Crippen LogP contribution in [0.3, 0.4) is 0 Å². The van der Waals surface area contributed by atoms with Crippen LogP contribution in [-0.4, -0.2) is 50.2 Å². The molecule has 1 rings (SSSR count). The van der Waals surface area contributed by atoms with Gasteiger partial charge in [-0.1, -0.05) is 13.3 Å². The Kier molecular flexibility index (Phi) is 6.77. The minimum atomic E-state index is -3.19. The molecule has 0 bridgehead atoms. The maximum absolute atomic E-state index is 12.4. The Morgan fingerprint density at radius 3 is 2.47 bits per heavy atom. The van der Waals surface area contributed by atoms with Crippen LogP contribution in [0, 0.1) is 0 Å². The molecule has 0 aliphatic carbocycles. The summed E-state index contributed by atoms with van der Waals surface area (Å²) in [5.41, 5.74) is 0. The molecule has 0 aromatic rings. The Morgan fingerprint density at radius 1 is 1.29 bits per heavy atom. The molecule has 6 heteroatoms. The van der Waals surface area contributed by atoms with Crippen molar-refractivity contribution in [3.05, 3.63) is 0 Å². The Balaban J connectivity index is 2.67. The number of sulfonamides is 1. The smallest absolute Gasteiger partial charge is 0.217 e. The highest BCUT2D eigenvalue weighted by Gasteiger charge is 2.32. The number of nitrogens with zero attached hydrogens (tertiary/aromatic N) is 1. The molecule has 0 unspecified atom stereocenters. The third-order valence-electron chi connectivity index (χ3n) is 3.04. The van der Waals surface area contributed by atoms with Crippen LogP contribution < -0.4 is 0 Å². The molecule has 0 amide bonds. The predicted octanol–water partition coefficient (Wildman–Crippen LogP) is 1.84. The van der Waals surface area contributed by atoms with Gasteiger partial charge in [-0.15, -0.1) is 11.6 Å². The third-order valence-corrected chi connectivity index (χ3v) is 5.61. The van der Waals surface area contributed by atoms with Crippen molar-refractivity contribution in [3.63, 3.8) is 0 Å². The summed E-state index contributed by atoms with van der Waals surface area (Å²) in [4.78, 5) is 0. The quantitative estimate of drug-likeness (QED) is 0.670. The molecule has 1 fully saturated rings. The van der Waals surface area contributed by atoms with E-state index in [4.69, 9.17) is 16.3 Å². The van der Waals surface area contributed by atoms with Crippen molar-refractivity contribution in [2.24, 2.45) is 0 Å². The summed E-state index contributed by atoms with van der Waals surface area (Å²) in [5.74, 6) is 0.353. The maximum atomic E-state index is 12.4. The highest BCUT2D eigenvalue weighted by molar-refractivity contribution is 7.89. The van der Waals surface area contributed by atoms with Gasteiger partial charge in [-0.05, 0) is 19.3 Å². The lowest BCUT2D eigenvalue weighted by atomic mass is 10.2. The van der Waals surface area contributed by atoms with Crippen LogP contribution in [-0.2, 0) is 14.8 Å². The lowest BCUT2D eigenvalue weighted by Gasteiger charge is -2.29. The first-order chi connectivity index (χ1) is 8.12. The van der Waals surface area contributed by atoms with E-state index in [1.807, 2.05) is 0 Å². The fourth-order valence-electron chi connectivity index (χ4n) is 1.98. The van der Waals surface area contributed by atoms with Gasteiger partial charge in [0.15, 0.2) is 0 Å². The van der Waals surface area contributed by atoms with Crippen molar-refractivity contribution in [1.29, 1.82) is 0 Å². The Hall–Kier alpha value is 0.160. The molecule has 1 heterocycles. The van der Waals surface area contributed by atoms with Crippen LogP contribution in [0.25, 0.3) is 0 Å². The van der Waals surface area contributed by atoms with Gasteiger partial charge in [-0.25, -0.2) is 12.7 Å². The highest BCUT2D eigenvalue weighted by Crippen LogP contribution is 2.20. The minimum Gasteiger partial charge on any atom is -0.381 e. The van der Waals surface area contributed by atoms with Crippen LogP contribution in [0.15, 0.2) is 0 Å².